The number of rotatable bonds is 6. The Hall–Kier alpha value is -4.60. The first-order valence-corrected chi connectivity index (χ1v) is 13.2. The number of para-hydroxylation sites is 1. The third-order valence-electron chi connectivity index (χ3n) is 7.54. The lowest BCUT2D eigenvalue weighted by atomic mass is 10.0. The summed E-state index contributed by atoms with van der Waals surface area (Å²) in [4.78, 5) is 39.8. The van der Waals surface area contributed by atoms with Crippen LogP contribution in [0.3, 0.4) is 0 Å². The summed E-state index contributed by atoms with van der Waals surface area (Å²) < 4.78 is 31.5. The zero-order chi connectivity index (χ0) is 28.0. The number of likely N-dealkylation sites (tertiary alicyclic amines) is 1. The van der Waals surface area contributed by atoms with Crippen molar-refractivity contribution < 1.29 is 23.2 Å². The number of aromatic nitrogens is 2. The van der Waals surface area contributed by atoms with E-state index in [1.807, 2.05) is 18.2 Å². The Balaban J connectivity index is 1.22. The van der Waals surface area contributed by atoms with E-state index in [2.05, 4.69) is 15.7 Å². The molecule has 0 radical (unpaired) electrons. The molecule has 1 saturated heterocycles. The van der Waals surface area contributed by atoms with Gasteiger partial charge in [-0.05, 0) is 35.7 Å². The maximum absolute atomic E-state index is 15.6. The van der Waals surface area contributed by atoms with Crippen LogP contribution in [0.4, 0.5) is 20.2 Å². The summed E-state index contributed by atoms with van der Waals surface area (Å²) in [5.74, 6) is -2.05. The lowest BCUT2D eigenvalue weighted by Gasteiger charge is -2.24. The fraction of sp³-hybridized carbons (Fsp3) is 0.267. The molecular weight excluding hydrogens is 516 g/mol. The van der Waals surface area contributed by atoms with Crippen molar-refractivity contribution >= 4 is 39.9 Å². The summed E-state index contributed by atoms with van der Waals surface area (Å²) in [6.45, 7) is 1.68. The summed E-state index contributed by atoms with van der Waals surface area (Å²) in [6.07, 6.45) is -0.694. The summed E-state index contributed by atoms with van der Waals surface area (Å²) in [5, 5.41) is 10.8. The average Bonchev–Trinajstić information content (AvgIpc) is 3.66. The van der Waals surface area contributed by atoms with Crippen LogP contribution in [0.15, 0.2) is 60.7 Å². The van der Waals surface area contributed by atoms with E-state index in [-0.39, 0.29) is 36.7 Å². The standard InChI is InChI=1S/C30H27F2N5O3/c1-17(38)29-22-5-2-3-8-25(22)37(35-29)16-27(39)36-15-20(31)14-26(36)30(40)34-23-7-4-6-21(28(23)32)19-10-9-18-11-12-33-24(18)13-19/h2-10,13,20,26,33H,11-12,14-16H2,1H3,(H,34,40)/t20-,26+/m1/s1. The molecule has 0 aliphatic carbocycles. The van der Waals surface area contributed by atoms with E-state index in [0.717, 1.165) is 23.6 Å². The molecule has 3 aromatic carbocycles. The predicted molar refractivity (Wildman–Crippen MR) is 147 cm³/mol. The smallest absolute Gasteiger partial charge is 0.247 e. The van der Waals surface area contributed by atoms with Gasteiger partial charge in [-0.1, -0.05) is 42.5 Å². The highest BCUT2D eigenvalue weighted by Crippen LogP contribution is 2.33. The Bertz CT molecular complexity index is 1670. The minimum atomic E-state index is -1.41. The number of alkyl halides is 1. The van der Waals surface area contributed by atoms with Crippen molar-refractivity contribution in [1.29, 1.82) is 0 Å². The number of halogens is 2. The van der Waals surface area contributed by atoms with Gasteiger partial charge in [0.1, 0.15) is 24.5 Å². The molecule has 204 valence electrons. The van der Waals surface area contributed by atoms with Crippen LogP contribution in [0.1, 0.15) is 29.4 Å². The minimum absolute atomic E-state index is 0.0464. The van der Waals surface area contributed by atoms with E-state index in [0.29, 0.717) is 22.0 Å². The normalized spacial score (nSPS) is 18.0. The third-order valence-corrected chi connectivity index (χ3v) is 7.54. The second kappa shape index (κ2) is 10.2. The predicted octanol–water partition coefficient (Wildman–Crippen LogP) is 4.59. The van der Waals surface area contributed by atoms with Crippen LogP contribution < -0.4 is 10.6 Å². The highest BCUT2D eigenvalue weighted by Gasteiger charge is 2.40. The third kappa shape index (κ3) is 4.59. The SMILES string of the molecule is CC(=O)c1nn(CC(=O)N2C[C@H](F)C[C@H]2C(=O)Nc2cccc(-c3ccc4c(c3)NCC4)c2F)c2ccccc12. The van der Waals surface area contributed by atoms with Crippen LogP contribution in [-0.2, 0) is 22.6 Å². The second-order valence-electron chi connectivity index (χ2n) is 10.2. The van der Waals surface area contributed by atoms with Crippen LogP contribution in [0.5, 0.6) is 0 Å². The van der Waals surface area contributed by atoms with Gasteiger partial charge in [0.2, 0.25) is 11.8 Å². The quantitative estimate of drug-likeness (QED) is 0.347. The Morgan fingerprint density at radius 1 is 1.10 bits per heavy atom. The molecule has 0 saturated carbocycles. The van der Waals surface area contributed by atoms with Crippen molar-refractivity contribution in [3.8, 4) is 11.1 Å². The summed E-state index contributed by atoms with van der Waals surface area (Å²) in [6, 6.07) is 16.3. The molecule has 3 heterocycles. The van der Waals surface area contributed by atoms with Gasteiger partial charge < -0.3 is 15.5 Å². The van der Waals surface area contributed by atoms with Gasteiger partial charge in [0.25, 0.3) is 0 Å². The van der Waals surface area contributed by atoms with Crippen LogP contribution >= 0.6 is 0 Å². The van der Waals surface area contributed by atoms with Gasteiger partial charge in [-0.2, -0.15) is 5.10 Å². The van der Waals surface area contributed by atoms with E-state index in [1.165, 1.54) is 23.2 Å². The van der Waals surface area contributed by atoms with Crippen molar-refractivity contribution in [3.05, 3.63) is 77.7 Å². The number of anilines is 2. The average molecular weight is 544 g/mol. The van der Waals surface area contributed by atoms with Crippen molar-refractivity contribution in [2.75, 3.05) is 23.7 Å². The highest BCUT2D eigenvalue weighted by atomic mass is 19.1. The Morgan fingerprint density at radius 2 is 1.93 bits per heavy atom. The topological polar surface area (TPSA) is 96.3 Å². The van der Waals surface area contributed by atoms with Gasteiger partial charge in [-0.3, -0.25) is 19.1 Å². The zero-order valence-electron chi connectivity index (χ0n) is 21.8. The zero-order valence-corrected chi connectivity index (χ0v) is 21.8. The van der Waals surface area contributed by atoms with E-state index in [9.17, 15) is 18.8 Å². The molecule has 40 heavy (non-hydrogen) atoms. The van der Waals surface area contributed by atoms with Crippen LogP contribution in [-0.4, -0.2) is 57.6 Å². The number of fused-ring (bicyclic) bond motifs is 2. The van der Waals surface area contributed by atoms with Gasteiger partial charge in [0, 0.05) is 36.5 Å². The van der Waals surface area contributed by atoms with Crippen molar-refractivity contribution in [2.24, 2.45) is 0 Å². The Morgan fingerprint density at radius 3 is 2.75 bits per heavy atom. The molecule has 10 heteroatoms. The second-order valence-corrected chi connectivity index (χ2v) is 10.2. The largest absolute Gasteiger partial charge is 0.384 e. The number of carbonyl (C=O) groups is 3. The van der Waals surface area contributed by atoms with Gasteiger partial charge in [-0.15, -0.1) is 0 Å². The number of hydrogen-bond donors (Lipinski definition) is 2. The van der Waals surface area contributed by atoms with Crippen molar-refractivity contribution in [3.63, 3.8) is 0 Å². The molecule has 2 aliphatic rings. The molecule has 2 amide bonds. The maximum Gasteiger partial charge on any atom is 0.247 e. The molecule has 1 aromatic heterocycles. The monoisotopic (exact) mass is 543 g/mol. The van der Waals surface area contributed by atoms with E-state index in [4.69, 9.17) is 0 Å². The molecular formula is C30H27F2N5O3. The maximum atomic E-state index is 15.6. The molecule has 8 nitrogen and oxygen atoms in total. The van der Waals surface area contributed by atoms with Crippen LogP contribution in [0.25, 0.3) is 22.0 Å². The molecule has 0 bridgehead atoms. The first-order chi connectivity index (χ1) is 19.3. The number of benzene rings is 3. The van der Waals surface area contributed by atoms with E-state index in [1.54, 1.807) is 36.4 Å². The van der Waals surface area contributed by atoms with Gasteiger partial charge in [-0.25, -0.2) is 8.78 Å². The first kappa shape index (κ1) is 25.7. The molecule has 2 atom stereocenters. The number of nitrogens with zero attached hydrogens (tertiary/aromatic N) is 3. The fourth-order valence-corrected chi connectivity index (χ4v) is 5.56. The lowest BCUT2D eigenvalue weighted by molar-refractivity contribution is -0.137. The molecule has 0 unspecified atom stereocenters. The van der Waals surface area contributed by atoms with Gasteiger partial charge in [0.05, 0.1) is 17.7 Å². The first-order valence-electron chi connectivity index (χ1n) is 13.2. The number of nitrogens with one attached hydrogen (secondary N) is 2. The van der Waals surface area contributed by atoms with Crippen molar-refractivity contribution in [1.82, 2.24) is 14.7 Å². The summed E-state index contributed by atoms with van der Waals surface area (Å²) in [5.41, 5.74) is 3.89. The number of Topliss-reactive ketones (excluding diaryl/α,β-unsaturated/α-hetero) is 1. The lowest BCUT2D eigenvalue weighted by Crippen LogP contribution is -2.44. The number of carbonyl (C=O) groups excluding carboxylic acids is 3. The van der Waals surface area contributed by atoms with Gasteiger partial charge >= 0.3 is 0 Å². The van der Waals surface area contributed by atoms with Gasteiger partial charge in [0.15, 0.2) is 11.6 Å². The van der Waals surface area contributed by atoms with Crippen LogP contribution in [0, 0.1) is 5.82 Å². The molecule has 2 N–H and O–H groups in total. The Kier molecular flexibility index (Phi) is 6.53. The molecule has 6 rings (SSSR count). The number of amides is 2. The fourth-order valence-electron chi connectivity index (χ4n) is 5.56. The summed E-state index contributed by atoms with van der Waals surface area (Å²) in [7, 11) is 0. The minimum Gasteiger partial charge on any atom is -0.384 e. The molecule has 1 fully saturated rings. The molecule has 4 aromatic rings. The molecule has 2 aliphatic heterocycles. The summed E-state index contributed by atoms with van der Waals surface area (Å²) >= 11 is 0. The van der Waals surface area contributed by atoms with E-state index >= 15 is 4.39 Å². The highest BCUT2D eigenvalue weighted by molar-refractivity contribution is 6.05. The van der Waals surface area contributed by atoms with Crippen LogP contribution in [0.2, 0.25) is 0 Å². The molecule has 0 spiro atoms. The van der Waals surface area contributed by atoms with Crippen molar-refractivity contribution in [2.45, 2.75) is 38.5 Å². The number of ketones is 1. The number of hydrogen-bond acceptors (Lipinski definition) is 5. The van der Waals surface area contributed by atoms with E-state index < -0.39 is 29.8 Å². The Labute approximate surface area is 229 Å².